The van der Waals surface area contributed by atoms with Crippen LogP contribution in [0.4, 0.5) is 4.39 Å². The fourth-order valence-corrected chi connectivity index (χ4v) is 2.31. The second kappa shape index (κ2) is 7.75. The molecule has 0 radical (unpaired) electrons. The lowest BCUT2D eigenvalue weighted by molar-refractivity contribution is 0.241. The van der Waals surface area contributed by atoms with Crippen molar-refractivity contribution >= 4 is 0 Å². The largest absolute Gasteiger partial charge is 0.330 e. The standard InChI is InChI=1S/C17H29FN2/c1-14(15-9-5-6-10-16(15)18)20(4)12-8-7-11-17(2,3)13-19/h5-6,9-10,14H,7-8,11-13,19H2,1-4H3. The number of benzene rings is 1. The van der Waals surface area contributed by atoms with Crippen LogP contribution in [0.15, 0.2) is 24.3 Å². The SMILES string of the molecule is CC(c1ccccc1F)N(C)CCCCC(C)(C)CN. The summed E-state index contributed by atoms with van der Waals surface area (Å²) in [5.41, 5.74) is 6.74. The molecule has 0 saturated carbocycles. The summed E-state index contributed by atoms with van der Waals surface area (Å²) in [6.07, 6.45) is 3.43. The van der Waals surface area contributed by atoms with Crippen molar-refractivity contribution in [3.8, 4) is 0 Å². The second-order valence-corrected chi connectivity index (χ2v) is 6.50. The van der Waals surface area contributed by atoms with E-state index in [9.17, 15) is 4.39 Å². The Labute approximate surface area is 123 Å². The Bertz CT molecular complexity index is 404. The minimum Gasteiger partial charge on any atom is -0.330 e. The van der Waals surface area contributed by atoms with Gasteiger partial charge in [0, 0.05) is 11.6 Å². The van der Waals surface area contributed by atoms with E-state index in [0.29, 0.717) is 0 Å². The minimum absolute atomic E-state index is 0.110. The molecule has 1 atom stereocenters. The summed E-state index contributed by atoms with van der Waals surface area (Å²) in [6, 6.07) is 7.14. The molecule has 0 aromatic heterocycles. The Morgan fingerprint density at radius 2 is 1.90 bits per heavy atom. The molecule has 1 unspecified atom stereocenters. The van der Waals surface area contributed by atoms with Crippen LogP contribution in [-0.2, 0) is 0 Å². The van der Waals surface area contributed by atoms with E-state index >= 15 is 0 Å². The third-order valence-electron chi connectivity index (χ3n) is 4.18. The average Bonchev–Trinajstić information content (AvgIpc) is 2.43. The number of nitrogens with zero attached hydrogens (tertiary/aromatic N) is 1. The van der Waals surface area contributed by atoms with Gasteiger partial charge in [-0.15, -0.1) is 0 Å². The van der Waals surface area contributed by atoms with E-state index in [2.05, 4.69) is 32.7 Å². The van der Waals surface area contributed by atoms with Gasteiger partial charge >= 0.3 is 0 Å². The highest BCUT2D eigenvalue weighted by Crippen LogP contribution is 2.24. The molecule has 0 aliphatic carbocycles. The van der Waals surface area contributed by atoms with Gasteiger partial charge in [-0.3, -0.25) is 4.90 Å². The van der Waals surface area contributed by atoms with Gasteiger partial charge in [-0.1, -0.05) is 38.5 Å². The average molecular weight is 280 g/mol. The third kappa shape index (κ3) is 5.22. The number of unbranched alkanes of at least 4 members (excludes halogenated alkanes) is 1. The summed E-state index contributed by atoms with van der Waals surface area (Å²) in [7, 11) is 2.06. The van der Waals surface area contributed by atoms with Crippen molar-refractivity contribution in [3.05, 3.63) is 35.6 Å². The molecule has 3 heteroatoms. The maximum absolute atomic E-state index is 13.8. The Morgan fingerprint density at radius 3 is 2.50 bits per heavy atom. The van der Waals surface area contributed by atoms with E-state index in [1.165, 1.54) is 12.5 Å². The highest BCUT2D eigenvalue weighted by atomic mass is 19.1. The Kier molecular flexibility index (Phi) is 6.63. The summed E-state index contributed by atoms with van der Waals surface area (Å²) in [4.78, 5) is 2.22. The fraction of sp³-hybridized carbons (Fsp3) is 0.647. The van der Waals surface area contributed by atoms with Crippen LogP contribution in [0.5, 0.6) is 0 Å². The molecule has 20 heavy (non-hydrogen) atoms. The molecule has 0 amide bonds. The van der Waals surface area contributed by atoms with Crippen molar-refractivity contribution in [2.75, 3.05) is 20.1 Å². The van der Waals surface area contributed by atoms with Crippen molar-refractivity contribution in [2.24, 2.45) is 11.1 Å². The van der Waals surface area contributed by atoms with Gasteiger partial charge in [0.1, 0.15) is 5.82 Å². The van der Waals surface area contributed by atoms with Crippen LogP contribution in [-0.4, -0.2) is 25.0 Å². The lowest BCUT2D eigenvalue weighted by Crippen LogP contribution is -2.26. The van der Waals surface area contributed by atoms with Gasteiger partial charge in [-0.05, 0) is 51.4 Å². The van der Waals surface area contributed by atoms with Crippen LogP contribution < -0.4 is 5.73 Å². The molecule has 0 heterocycles. The quantitative estimate of drug-likeness (QED) is 0.730. The van der Waals surface area contributed by atoms with Gasteiger partial charge in [0.15, 0.2) is 0 Å². The maximum atomic E-state index is 13.8. The second-order valence-electron chi connectivity index (χ2n) is 6.50. The maximum Gasteiger partial charge on any atom is 0.127 e. The molecule has 0 saturated heterocycles. The summed E-state index contributed by atoms with van der Waals surface area (Å²) < 4.78 is 13.8. The van der Waals surface area contributed by atoms with Gasteiger partial charge in [0.25, 0.3) is 0 Å². The molecule has 2 N–H and O–H groups in total. The van der Waals surface area contributed by atoms with E-state index in [4.69, 9.17) is 5.73 Å². The first-order valence-electron chi connectivity index (χ1n) is 7.52. The summed E-state index contributed by atoms with van der Waals surface area (Å²) in [5.74, 6) is -0.115. The molecule has 1 aromatic carbocycles. The Morgan fingerprint density at radius 1 is 1.25 bits per heavy atom. The number of hydrogen-bond acceptors (Lipinski definition) is 2. The van der Waals surface area contributed by atoms with E-state index in [1.807, 2.05) is 12.1 Å². The van der Waals surface area contributed by atoms with Gasteiger partial charge in [0.2, 0.25) is 0 Å². The van der Waals surface area contributed by atoms with E-state index < -0.39 is 0 Å². The topological polar surface area (TPSA) is 29.3 Å². The Hall–Kier alpha value is -0.930. The molecular weight excluding hydrogens is 251 g/mol. The highest BCUT2D eigenvalue weighted by molar-refractivity contribution is 5.20. The molecule has 1 rings (SSSR count). The number of halogens is 1. The van der Waals surface area contributed by atoms with Gasteiger partial charge in [-0.25, -0.2) is 4.39 Å². The zero-order valence-electron chi connectivity index (χ0n) is 13.3. The van der Waals surface area contributed by atoms with Crippen LogP contribution in [0.1, 0.15) is 51.6 Å². The van der Waals surface area contributed by atoms with Crippen LogP contribution in [0.25, 0.3) is 0 Å². The van der Waals surface area contributed by atoms with Gasteiger partial charge in [-0.2, -0.15) is 0 Å². The Balaban J connectivity index is 2.40. The predicted octanol–water partition coefficient (Wildman–Crippen LogP) is 3.97. The molecule has 2 nitrogen and oxygen atoms in total. The van der Waals surface area contributed by atoms with E-state index in [-0.39, 0.29) is 17.3 Å². The molecule has 0 bridgehead atoms. The third-order valence-corrected chi connectivity index (χ3v) is 4.18. The summed E-state index contributed by atoms with van der Waals surface area (Å²) in [5, 5.41) is 0. The zero-order chi connectivity index (χ0) is 15.2. The van der Waals surface area contributed by atoms with E-state index in [1.54, 1.807) is 6.07 Å². The minimum atomic E-state index is -0.115. The molecule has 0 fully saturated rings. The number of hydrogen-bond donors (Lipinski definition) is 1. The van der Waals surface area contributed by atoms with E-state index in [0.717, 1.165) is 31.5 Å². The summed E-state index contributed by atoms with van der Waals surface area (Å²) >= 11 is 0. The van der Waals surface area contributed by atoms with Crippen LogP contribution in [0.2, 0.25) is 0 Å². The van der Waals surface area contributed by atoms with Gasteiger partial charge in [0.05, 0.1) is 0 Å². The van der Waals surface area contributed by atoms with Gasteiger partial charge < -0.3 is 5.73 Å². The molecule has 114 valence electrons. The number of rotatable bonds is 8. The first-order chi connectivity index (χ1) is 9.37. The highest BCUT2D eigenvalue weighted by Gasteiger charge is 2.17. The molecule has 0 spiro atoms. The van der Waals surface area contributed by atoms with Crippen molar-refractivity contribution in [3.63, 3.8) is 0 Å². The molecular formula is C17H29FN2. The predicted molar refractivity (Wildman–Crippen MR) is 84.1 cm³/mol. The zero-order valence-corrected chi connectivity index (χ0v) is 13.3. The monoisotopic (exact) mass is 280 g/mol. The first-order valence-corrected chi connectivity index (χ1v) is 7.52. The molecule has 0 aliphatic rings. The van der Waals surface area contributed by atoms with Crippen molar-refractivity contribution in [2.45, 2.75) is 46.1 Å². The normalized spacial score (nSPS) is 13.8. The molecule has 1 aromatic rings. The lowest BCUT2D eigenvalue weighted by Gasteiger charge is -2.26. The van der Waals surface area contributed by atoms with Crippen LogP contribution in [0, 0.1) is 11.2 Å². The first kappa shape index (κ1) is 17.1. The lowest BCUT2D eigenvalue weighted by atomic mass is 9.87. The number of nitrogens with two attached hydrogens (primary N) is 1. The summed E-state index contributed by atoms with van der Waals surface area (Å²) in [6.45, 7) is 8.18. The van der Waals surface area contributed by atoms with Crippen molar-refractivity contribution < 1.29 is 4.39 Å². The van der Waals surface area contributed by atoms with Crippen LogP contribution in [0.3, 0.4) is 0 Å². The van der Waals surface area contributed by atoms with Crippen molar-refractivity contribution in [1.82, 2.24) is 4.90 Å². The fourth-order valence-electron chi connectivity index (χ4n) is 2.31. The smallest absolute Gasteiger partial charge is 0.127 e. The van der Waals surface area contributed by atoms with Crippen LogP contribution >= 0.6 is 0 Å². The molecule has 0 aliphatic heterocycles. The van der Waals surface area contributed by atoms with Crippen molar-refractivity contribution in [1.29, 1.82) is 0 Å².